The molecule has 2 heterocycles. The Morgan fingerprint density at radius 3 is 2.57 bits per heavy atom. The minimum Gasteiger partial charge on any atom is -0.337 e. The van der Waals surface area contributed by atoms with E-state index in [0.29, 0.717) is 18.8 Å². The molecule has 0 radical (unpaired) electrons. The molecule has 0 saturated carbocycles. The van der Waals surface area contributed by atoms with Crippen LogP contribution in [-0.4, -0.2) is 64.6 Å². The average Bonchev–Trinajstić information content (AvgIpc) is 2.77. The van der Waals surface area contributed by atoms with Crippen molar-refractivity contribution in [3.8, 4) is 0 Å². The fourth-order valence-corrected chi connectivity index (χ4v) is 2.70. The van der Waals surface area contributed by atoms with Gasteiger partial charge >= 0.3 is 0 Å². The quantitative estimate of drug-likeness (QED) is 0.847. The number of aromatic nitrogens is 2. The minimum absolute atomic E-state index is 0.0914. The lowest BCUT2D eigenvalue weighted by Gasteiger charge is -2.36. The lowest BCUT2D eigenvalue weighted by atomic mass is 10.0. The van der Waals surface area contributed by atoms with Gasteiger partial charge in [0, 0.05) is 38.9 Å². The molecule has 1 saturated heterocycles. The summed E-state index contributed by atoms with van der Waals surface area (Å²) in [4.78, 5) is 15.8. The lowest BCUT2D eigenvalue weighted by molar-refractivity contribution is 0.0482. The molecule has 5 nitrogen and oxygen atoms in total. The highest BCUT2D eigenvalue weighted by Crippen LogP contribution is 2.18. The maximum atomic E-state index is 12.4. The predicted octanol–water partition coefficient (Wildman–Crippen LogP) is 1.53. The third kappa shape index (κ3) is 3.78. The number of hydrogen-bond acceptors (Lipinski definition) is 3. The van der Waals surface area contributed by atoms with E-state index in [9.17, 15) is 13.6 Å². The summed E-state index contributed by atoms with van der Waals surface area (Å²) in [5, 5.41) is 4.20. The number of aryl methyl sites for hydroxylation is 2. The van der Waals surface area contributed by atoms with Crippen LogP contribution in [0.5, 0.6) is 0 Å². The molecule has 1 aromatic rings. The Morgan fingerprint density at radius 1 is 1.48 bits per heavy atom. The van der Waals surface area contributed by atoms with Gasteiger partial charge in [-0.05, 0) is 25.8 Å². The van der Waals surface area contributed by atoms with Crippen LogP contribution in [-0.2, 0) is 7.05 Å². The first-order chi connectivity index (χ1) is 9.88. The van der Waals surface area contributed by atoms with Crippen LogP contribution < -0.4 is 0 Å². The number of amides is 1. The van der Waals surface area contributed by atoms with E-state index < -0.39 is 6.43 Å². The van der Waals surface area contributed by atoms with E-state index in [1.807, 2.05) is 6.92 Å². The third-order valence-electron chi connectivity index (χ3n) is 4.15. The second-order valence-electron chi connectivity index (χ2n) is 5.63. The van der Waals surface area contributed by atoms with Crippen molar-refractivity contribution in [1.29, 1.82) is 0 Å². The smallest absolute Gasteiger partial charge is 0.274 e. The number of likely N-dealkylation sites (tertiary alicyclic amines) is 1. The summed E-state index contributed by atoms with van der Waals surface area (Å²) in [6, 6.07) is 1.86. The Bertz CT molecular complexity index is 476. The Labute approximate surface area is 123 Å². The Balaban J connectivity index is 1.92. The summed E-state index contributed by atoms with van der Waals surface area (Å²) in [7, 11) is 3.56. The van der Waals surface area contributed by atoms with Gasteiger partial charge < -0.3 is 4.90 Å². The molecule has 0 unspecified atom stereocenters. The molecule has 21 heavy (non-hydrogen) atoms. The number of alkyl halides is 2. The van der Waals surface area contributed by atoms with Crippen molar-refractivity contribution in [2.45, 2.75) is 32.2 Å². The molecule has 118 valence electrons. The second kappa shape index (κ2) is 6.51. The third-order valence-corrected chi connectivity index (χ3v) is 4.15. The molecule has 0 N–H and O–H groups in total. The van der Waals surface area contributed by atoms with E-state index in [2.05, 4.69) is 5.10 Å². The molecular formula is C14H22F2N4O. The van der Waals surface area contributed by atoms with Gasteiger partial charge in [0.2, 0.25) is 0 Å². The molecule has 0 aliphatic carbocycles. The van der Waals surface area contributed by atoms with E-state index in [1.54, 1.807) is 34.6 Å². The van der Waals surface area contributed by atoms with Gasteiger partial charge in [0.05, 0.1) is 6.54 Å². The van der Waals surface area contributed by atoms with Crippen molar-refractivity contribution in [1.82, 2.24) is 19.6 Å². The number of carbonyl (C=O) groups excluding carboxylic acids is 1. The Kier molecular flexibility index (Phi) is 4.92. The first-order valence-corrected chi connectivity index (χ1v) is 7.16. The molecule has 1 aliphatic rings. The van der Waals surface area contributed by atoms with Crippen molar-refractivity contribution in [2.75, 3.05) is 26.7 Å². The zero-order valence-corrected chi connectivity index (χ0v) is 12.7. The molecular weight excluding hydrogens is 278 g/mol. The second-order valence-corrected chi connectivity index (χ2v) is 5.63. The first kappa shape index (κ1) is 15.9. The van der Waals surface area contributed by atoms with Gasteiger partial charge in [0.1, 0.15) is 0 Å². The predicted molar refractivity (Wildman–Crippen MR) is 75.5 cm³/mol. The molecule has 7 heteroatoms. The monoisotopic (exact) mass is 300 g/mol. The summed E-state index contributed by atoms with van der Waals surface area (Å²) >= 11 is 0. The molecule has 1 fully saturated rings. The number of rotatable bonds is 4. The Hall–Kier alpha value is -1.50. The van der Waals surface area contributed by atoms with Crippen molar-refractivity contribution in [3.05, 3.63) is 17.5 Å². The number of nitrogens with zero attached hydrogens (tertiary/aromatic N) is 4. The maximum absolute atomic E-state index is 12.4. The number of halogens is 2. The van der Waals surface area contributed by atoms with Crippen molar-refractivity contribution in [3.63, 3.8) is 0 Å². The maximum Gasteiger partial charge on any atom is 0.274 e. The zero-order valence-electron chi connectivity index (χ0n) is 12.7. The van der Waals surface area contributed by atoms with Crippen LogP contribution in [0, 0.1) is 6.92 Å². The van der Waals surface area contributed by atoms with E-state index in [4.69, 9.17) is 0 Å². The van der Waals surface area contributed by atoms with E-state index >= 15 is 0 Å². The molecule has 0 bridgehead atoms. The highest BCUT2D eigenvalue weighted by Gasteiger charge is 2.28. The van der Waals surface area contributed by atoms with Crippen molar-refractivity contribution < 1.29 is 13.6 Å². The number of piperidine rings is 1. The lowest BCUT2D eigenvalue weighted by Crippen LogP contribution is -2.46. The summed E-state index contributed by atoms with van der Waals surface area (Å²) < 4.78 is 26.4. The summed E-state index contributed by atoms with van der Waals surface area (Å²) in [5.74, 6) is -0.106. The van der Waals surface area contributed by atoms with Gasteiger partial charge in [0.25, 0.3) is 12.3 Å². The largest absolute Gasteiger partial charge is 0.337 e. The fourth-order valence-electron chi connectivity index (χ4n) is 2.70. The summed E-state index contributed by atoms with van der Waals surface area (Å²) in [6.45, 7) is 2.93. The first-order valence-electron chi connectivity index (χ1n) is 7.16. The van der Waals surface area contributed by atoms with Crippen LogP contribution in [0.1, 0.15) is 29.0 Å². The summed E-state index contributed by atoms with van der Waals surface area (Å²) in [5.41, 5.74) is 1.37. The Morgan fingerprint density at radius 2 is 2.10 bits per heavy atom. The molecule has 2 rings (SSSR count). The minimum atomic E-state index is -2.29. The fraction of sp³-hybridized carbons (Fsp3) is 0.714. The number of hydrogen-bond donors (Lipinski definition) is 0. The van der Waals surface area contributed by atoms with Gasteiger partial charge in [-0.2, -0.15) is 5.10 Å². The van der Waals surface area contributed by atoms with Crippen LogP contribution in [0.4, 0.5) is 8.78 Å². The molecule has 0 atom stereocenters. The molecule has 1 amide bonds. The topological polar surface area (TPSA) is 41.4 Å². The standard InChI is InChI=1S/C14H22F2N4O/c1-10-8-12(17-19(10)3)14(21)18(2)11-4-6-20(7-5-11)9-13(15)16/h8,11,13H,4-7,9H2,1-3H3. The van der Waals surface area contributed by atoms with E-state index in [-0.39, 0.29) is 18.5 Å². The molecule has 1 aromatic heterocycles. The van der Waals surface area contributed by atoms with E-state index in [1.165, 1.54) is 0 Å². The highest BCUT2D eigenvalue weighted by atomic mass is 19.3. The van der Waals surface area contributed by atoms with Gasteiger partial charge in [-0.25, -0.2) is 8.78 Å². The van der Waals surface area contributed by atoms with Crippen LogP contribution in [0.25, 0.3) is 0 Å². The molecule has 0 aromatic carbocycles. The van der Waals surface area contributed by atoms with Crippen LogP contribution in [0.3, 0.4) is 0 Å². The highest BCUT2D eigenvalue weighted by molar-refractivity contribution is 5.92. The van der Waals surface area contributed by atoms with Gasteiger partial charge in [-0.3, -0.25) is 14.4 Å². The normalized spacial score (nSPS) is 17.4. The average molecular weight is 300 g/mol. The molecule has 0 spiro atoms. The van der Waals surface area contributed by atoms with Gasteiger partial charge in [0.15, 0.2) is 5.69 Å². The van der Waals surface area contributed by atoms with Crippen LogP contribution >= 0.6 is 0 Å². The zero-order chi connectivity index (χ0) is 15.6. The van der Waals surface area contributed by atoms with Crippen molar-refractivity contribution in [2.24, 2.45) is 7.05 Å². The molecule has 1 aliphatic heterocycles. The van der Waals surface area contributed by atoms with Gasteiger partial charge in [-0.15, -0.1) is 0 Å². The number of carbonyl (C=O) groups is 1. The van der Waals surface area contributed by atoms with E-state index in [0.717, 1.165) is 18.5 Å². The van der Waals surface area contributed by atoms with Crippen molar-refractivity contribution >= 4 is 5.91 Å². The van der Waals surface area contributed by atoms with Gasteiger partial charge in [-0.1, -0.05) is 0 Å². The van der Waals surface area contributed by atoms with Crippen LogP contribution in [0.2, 0.25) is 0 Å². The summed E-state index contributed by atoms with van der Waals surface area (Å²) in [6.07, 6.45) is -0.848. The SMILES string of the molecule is Cc1cc(C(=O)N(C)C2CCN(CC(F)F)CC2)nn1C. The van der Waals surface area contributed by atoms with Crippen LogP contribution in [0.15, 0.2) is 6.07 Å².